The first kappa shape index (κ1) is 28.7. The van der Waals surface area contributed by atoms with Gasteiger partial charge in [0.05, 0.1) is 0 Å². The molecule has 5 heteroatoms. The lowest BCUT2D eigenvalue weighted by Crippen LogP contribution is -2.38. The number of nitrogens with zero attached hydrogens (tertiary/aromatic N) is 3. The summed E-state index contributed by atoms with van der Waals surface area (Å²) in [6, 6.07) is 61.1. The fourth-order valence-corrected chi connectivity index (χ4v) is 6.03. The predicted molar refractivity (Wildman–Crippen MR) is 179 cm³/mol. The first-order chi connectivity index (χ1) is 22.8. The highest BCUT2D eigenvalue weighted by Crippen LogP contribution is 2.42. The molecule has 0 saturated heterocycles. The van der Waals surface area contributed by atoms with Crippen LogP contribution in [0.2, 0.25) is 0 Å². The molecule has 0 aliphatic heterocycles. The molecule has 5 nitrogen and oxygen atoms in total. The Morgan fingerprint density at radius 2 is 0.522 bits per heavy atom. The summed E-state index contributed by atoms with van der Waals surface area (Å²) in [4.78, 5) is 13.9. The zero-order valence-electron chi connectivity index (χ0n) is 25.1. The van der Waals surface area contributed by atoms with Crippen molar-refractivity contribution in [2.75, 3.05) is 0 Å². The second-order valence-electron chi connectivity index (χ2n) is 10.8. The van der Waals surface area contributed by atoms with Gasteiger partial charge in [-0.3, -0.25) is 0 Å². The van der Waals surface area contributed by atoms with E-state index in [0.29, 0.717) is 0 Å². The number of benzene rings is 6. The quantitative estimate of drug-likeness (QED) is 0.148. The fourth-order valence-electron chi connectivity index (χ4n) is 6.03. The van der Waals surface area contributed by atoms with E-state index in [9.17, 15) is 0 Å². The Hall–Kier alpha value is -6.07. The van der Waals surface area contributed by atoms with Crippen molar-refractivity contribution >= 4 is 0 Å². The van der Waals surface area contributed by atoms with Crippen LogP contribution < -0.4 is 9.47 Å². The number of ether oxygens (including phenoxy) is 2. The van der Waals surface area contributed by atoms with E-state index in [2.05, 4.69) is 82.8 Å². The molecule has 0 spiro atoms. The molecule has 0 radical (unpaired) electrons. The second kappa shape index (κ2) is 12.9. The highest BCUT2D eigenvalue weighted by molar-refractivity contribution is 5.50. The average Bonchev–Trinajstić information content (AvgIpc) is 3.15. The maximum Gasteiger partial charge on any atom is 0.324 e. The van der Waals surface area contributed by atoms with E-state index in [-0.39, 0.29) is 12.0 Å². The standard InChI is InChI=1S/C41H31N3O2/c1-7-19-32(20-8-1)40(33-21-9-2-10-22-33,34-23-11-3-12-24-34)45-38-42-31-43-39(44-38)46-41(35-25-13-4-14-26-35,36-27-15-5-16-28-36)37-29-17-6-18-30-37/h1-31H. The van der Waals surface area contributed by atoms with E-state index in [1.54, 1.807) is 0 Å². The van der Waals surface area contributed by atoms with Gasteiger partial charge < -0.3 is 9.47 Å². The summed E-state index contributed by atoms with van der Waals surface area (Å²) in [6.07, 6.45) is 1.44. The summed E-state index contributed by atoms with van der Waals surface area (Å²) in [5.74, 6) is 0. The van der Waals surface area contributed by atoms with Crippen LogP contribution in [0.3, 0.4) is 0 Å². The van der Waals surface area contributed by atoms with Gasteiger partial charge in [-0.1, -0.05) is 182 Å². The second-order valence-corrected chi connectivity index (χ2v) is 10.8. The molecule has 7 aromatic rings. The van der Waals surface area contributed by atoms with Crippen LogP contribution in [0.1, 0.15) is 33.4 Å². The van der Waals surface area contributed by atoms with Crippen molar-refractivity contribution in [2.45, 2.75) is 11.2 Å². The molecule has 0 N–H and O–H groups in total. The lowest BCUT2D eigenvalue weighted by molar-refractivity contribution is 0.119. The molecule has 6 aromatic carbocycles. The fraction of sp³-hybridized carbons (Fsp3) is 0.0488. The van der Waals surface area contributed by atoms with Gasteiger partial charge >= 0.3 is 12.0 Å². The van der Waals surface area contributed by atoms with E-state index < -0.39 is 11.2 Å². The highest BCUT2D eigenvalue weighted by Gasteiger charge is 2.42. The Kier molecular flexibility index (Phi) is 8.04. The van der Waals surface area contributed by atoms with Crippen molar-refractivity contribution < 1.29 is 9.47 Å². The molecular weight excluding hydrogens is 566 g/mol. The molecule has 1 heterocycles. The summed E-state index contributed by atoms with van der Waals surface area (Å²) in [6.45, 7) is 0. The van der Waals surface area contributed by atoms with Crippen molar-refractivity contribution in [3.63, 3.8) is 0 Å². The van der Waals surface area contributed by atoms with Crippen LogP contribution in [-0.4, -0.2) is 15.0 Å². The topological polar surface area (TPSA) is 57.1 Å². The van der Waals surface area contributed by atoms with Gasteiger partial charge in [0.2, 0.25) is 0 Å². The number of rotatable bonds is 10. The Morgan fingerprint density at radius 1 is 0.304 bits per heavy atom. The largest absolute Gasteiger partial charge is 0.442 e. The van der Waals surface area contributed by atoms with E-state index in [0.717, 1.165) is 33.4 Å². The van der Waals surface area contributed by atoms with E-state index in [1.807, 2.05) is 109 Å². The Labute approximate surface area is 268 Å². The van der Waals surface area contributed by atoms with Crippen LogP contribution in [0.15, 0.2) is 188 Å². The van der Waals surface area contributed by atoms with Gasteiger partial charge in [-0.25, -0.2) is 0 Å². The minimum absolute atomic E-state index is 0.129. The molecule has 0 aliphatic rings. The monoisotopic (exact) mass is 597 g/mol. The van der Waals surface area contributed by atoms with Crippen LogP contribution in [0.5, 0.6) is 12.0 Å². The number of hydrogen-bond acceptors (Lipinski definition) is 5. The molecule has 222 valence electrons. The summed E-state index contributed by atoms with van der Waals surface area (Å²) < 4.78 is 14.0. The summed E-state index contributed by atoms with van der Waals surface area (Å²) in [5, 5.41) is 0. The minimum Gasteiger partial charge on any atom is -0.442 e. The third-order valence-corrected chi connectivity index (χ3v) is 8.10. The number of hydrogen-bond donors (Lipinski definition) is 0. The Bertz CT molecular complexity index is 1640. The van der Waals surface area contributed by atoms with Gasteiger partial charge in [0.1, 0.15) is 6.33 Å². The zero-order chi connectivity index (χ0) is 31.1. The minimum atomic E-state index is -1.06. The SMILES string of the molecule is c1ccc(C(Oc2ncnc(OC(c3ccccc3)(c3ccccc3)c3ccccc3)n2)(c2ccccc2)c2ccccc2)cc1. The molecule has 7 rings (SSSR count). The molecule has 1 aromatic heterocycles. The number of aromatic nitrogens is 3. The van der Waals surface area contributed by atoms with Crippen LogP contribution in [0, 0.1) is 0 Å². The molecule has 0 aliphatic carbocycles. The van der Waals surface area contributed by atoms with Gasteiger partial charge in [0.15, 0.2) is 11.2 Å². The molecule has 0 amide bonds. The Balaban J connectivity index is 1.39. The third-order valence-electron chi connectivity index (χ3n) is 8.10. The zero-order valence-corrected chi connectivity index (χ0v) is 25.1. The first-order valence-electron chi connectivity index (χ1n) is 15.2. The molecule has 0 atom stereocenters. The van der Waals surface area contributed by atoms with Crippen molar-refractivity contribution in [1.82, 2.24) is 15.0 Å². The predicted octanol–water partition coefficient (Wildman–Crippen LogP) is 8.61. The van der Waals surface area contributed by atoms with Gasteiger partial charge in [0, 0.05) is 33.4 Å². The molecular formula is C41H31N3O2. The maximum absolute atomic E-state index is 6.99. The third kappa shape index (κ3) is 5.39. The smallest absolute Gasteiger partial charge is 0.324 e. The molecule has 0 fully saturated rings. The van der Waals surface area contributed by atoms with Gasteiger partial charge in [-0.2, -0.15) is 9.97 Å². The highest BCUT2D eigenvalue weighted by atomic mass is 16.5. The van der Waals surface area contributed by atoms with Crippen molar-refractivity contribution in [3.8, 4) is 12.0 Å². The van der Waals surface area contributed by atoms with Gasteiger partial charge in [0.25, 0.3) is 0 Å². The molecule has 0 saturated carbocycles. The van der Waals surface area contributed by atoms with Crippen molar-refractivity contribution in [1.29, 1.82) is 0 Å². The van der Waals surface area contributed by atoms with Gasteiger partial charge in [-0.05, 0) is 0 Å². The van der Waals surface area contributed by atoms with Crippen LogP contribution in [0.25, 0.3) is 0 Å². The van der Waals surface area contributed by atoms with E-state index >= 15 is 0 Å². The van der Waals surface area contributed by atoms with Crippen LogP contribution in [-0.2, 0) is 11.2 Å². The molecule has 0 unspecified atom stereocenters. The molecule has 46 heavy (non-hydrogen) atoms. The summed E-state index contributed by atoms with van der Waals surface area (Å²) >= 11 is 0. The Morgan fingerprint density at radius 3 is 0.739 bits per heavy atom. The summed E-state index contributed by atoms with van der Waals surface area (Å²) in [7, 11) is 0. The van der Waals surface area contributed by atoms with Crippen LogP contribution >= 0.6 is 0 Å². The van der Waals surface area contributed by atoms with Crippen LogP contribution in [0.4, 0.5) is 0 Å². The van der Waals surface area contributed by atoms with E-state index in [1.165, 1.54) is 6.33 Å². The maximum atomic E-state index is 6.99. The lowest BCUT2D eigenvalue weighted by atomic mass is 9.80. The van der Waals surface area contributed by atoms with Crippen molar-refractivity contribution in [2.24, 2.45) is 0 Å². The van der Waals surface area contributed by atoms with E-state index in [4.69, 9.17) is 14.5 Å². The van der Waals surface area contributed by atoms with Crippen molar-refractivity contribution in [3.05, 3.63) is 222 Å². The normalized spacial score (nSPS) is 11.5. The molecule has 0 bridgehead atoms. The first-order valence-corrected chi connectivity index (χ1v) is 15.2. The summed E-state index contributed by atoms with van der Waals surface area (Å²) in [5.41, 5.74) is 3.48. The van der Waals surface area contributed by atoms with Gasteiger partial charge in [-0.15, -0.1) is 4.98 Å². The average molecular weight is 598 g/mol. The lowest BCUT2D eigenvalue weighted by Gasteiger charge is -2.36.